The van der Waals surface area contributed by atoms with Gasteiger partial charge in [0.25, 0.3) is 5.91 Å². The Morgan fingerprint density at radius 1 is 1.00 bits per heavy atom. The Balaban J connectivity index is 1.67. The van der Waals surface area contributed by atoms with Crippen LogP contribution in [0.4, 0.5) is 0 Å². The lowest BCUT2D eigenvalue weighted by atomic mass is 10.2. The molecule has 0 unspecified atom stereocenters. The Morgan fingerprint density at radius 2 is 1.79 bits per heavy atom. The van der Waals surface area contributed by atoms with Crippen molar-refractivity contribution in [2.24, 2.45) is 5.10 Å². The molecule has 1 amide bonds. The molecule has 1 heterocycles. The Morgan fingerprint density at radius 3 is 2.50 bits per heavy atom. The second-order valence-corrected chi connectivity index (χ2v) is 5.61. The molecule has 7 nitrogen and oxygen atoms in total. The van der Waals surface area contributed by atoms with Gasteiger partial charge >= 0.3 is 5.97 Å². The van der Waals surface area contributed by atoms with E-state index in [-0.39, 0.29) is 11.7 Å². The fourth-order valence-corrected chi connectivity index (χ4v) is 2.31. The summed E-state index contributed by atoms with van der Waals surface area (Å²) >= 11 is 0. The van der Waals surface area contributed by atoms with E-state index >= 15 is 0 Å². The summed E-state index contributed by atoms with van der Waals surface area (Å²) in [6, 6.07) is 16.9. The van der Waals surface area contributed by atoms with Crippen LogP contribution in [0.1, 0.15) is 26.3 Å². The molecule has 28 heavy (non-hydrogen) atoms. The molecule has 1 aromatic heterocycles. The molecule has 0 aliphatic rings. The number of hydrogen-bond donors (Lipinski definition) is 1. The van der Waals surface area contributed by atoms with E-state index in [1.807, 2.05) is 6.07 Å². The second kappa shape index (κ2) is 9.09. The van der Waals surface area contributed by atoms with E-state index in [0.717, 1.165) is 0 Å². The third-order valence-electron chi connectivity index (χ3n) is 3.70. The van der Waals surface area contributed by atoms with Crippen molar-refractivity contribution in [2.45, 2.75) is 0 Å². The molecule has 140 valence electrons. The predicted octanol–water partition coefficient (Wildman–Crippen LogP) is 3.07. The number of amides is 1. The van der Waals surface area contributed by atoms with Crippen molar-refractivity contribution in [2.75, 3.05) is 7.11 Å². The Labute approximate surface area is 161 Å². The van der Waals surface area contributed by atoms with Gasteiger partial charge in [0, 0.05) is 12.4 Å². The number of ether oxygens (including phenoxy) is 2. The maximum Gasteiger partial charge on any atom is 0.343 e. The highest BCUT2D eigenvalue weighted by Crippen LogP contribution is 2.28. The molecule has 0 aliphatic heterocycles. The van der Waals surface area contributed by atoms with E-state index < -0.39 is 5.97 Å². The minimum absolute atomic E-state index is 0.285. The quantitative estimate of drug-likeness (QED) is 0.309. The van der Waals surface area contributed by atoms with Crippen LogP contribution in [-0.4, -0.2) is 30.2 Å². The first-order valence-electron chi connectivity index (χ1n) is 8.36. The van der Waals surface area contributed by atoms with Gasteiger partial charge in [0.1, 0.15) is 0 Å². The summed E-state index contributed by atoms with van der Waals surface area (Å²) in [6.45, 7) is 0. The van der Waals surface area contributed by atoms with Crippen LogP contribution in [0.3, 0.4) is 0 Å². The first kappa shape index (κ1) is 18.8. The van der Waals surface area contributed by atoms with Gasteiger partial charge in [-0.3, -0.25) is 9.78 Å². The number of benzene rings is 2. The molecule has 0 atom stereocenters. The maximum absolute atomic E-state index is 12.2. The molecule has 1 N–H and O–H groups in total. The molecular weight excluding hydrogens is 358 g/mol. The lowest BCUT2D eigenvalue weighted by Gasteiger charge is -2.10. The van der Waals surface area contributed by atoms with Crippen molar-refractivity contribution >= 4 is 18.1 Å². The minimum atomic E-state index is -0.482. The Kier molecular flexibility index (Phi) is 6.10. The van der Waals surface area contributed by atoms with Gasteiger partial charge in [0.2, 0.25) is 0 Å². The van der Waals surface area contributed by atoms with Crippen molar-refractivity contribution in [3.8, 4) is 11.5 Å². The molecule has 0 spiro atoms. The second-order valence-electron chi connectivity index (χ2n) is 5.61. The monoisotopic (exact) mass is 375 g/mol. The Hall–Kier alpha value is -4.00. The number of nitrogens with zero attached hydrogens (tertiary/aromatic N) is 2. The first-order valence-corrected chi connectivity index (χ1v) is 8.36. The minimum Gasteiger partial charge on any atom is -0.493 e. The number of hydrazone groups is 1. The van der Waals surface area contributed by atoms with Gasteiger partial charge in [-0.15, -0.1) is 0 Å². The molecule has 0 radical (unpaired) electrons. The maximum atomic E-state index is 12.2. The highest BCUT2D eigenvalue weighted by molar-refractivity contribution is 5.94. The van der Waals surface area contributed by atoms with Crippen LogP contribution in [0, 0.1) is 0 Å². The number of hydrogen-bond acceptors (Lipinski definition) is 6. The third-order valence-corrected chi connectivity index (χ3v) is 3.70. The number of aromatic nitrogens is 1. The summed E-state index contributed by atoms with van der Waals surface area (Å²) < 4.78 is 10.7. The number of methoxy groups -OCH3 is 1. The zero-order valence-electron chi connectivity index (χ0n) is 15.0. The molecule has 0 saturated heterocycles. The standard InChI is InChI=1S/C21H17N3O4/c1-27-19-12-15(13-23-24-20(25)17-8-5-11-22-14-17)9-10-18(19)28-21(26)16-6-3-2-4-7-16/h2-14H,1H3,(H,24,25)/b23-13+. The van der Waals surface area contributed by atoms with Gasteiger partial charge in [-0.2, -0.15) is 5.10 Å². The van der Waals surface area contributed by atoms with E-state index in [0.29, 0.717) is 22.4 Å². The number of carbonyl (C=O) groups excluding carboxylic acids is 2. The first-order chi connectivity index (χ1) is 13.7. The number of nitrogens with one attached hydrogen (secondary N) is 1. The molecule has 0 saturated carbocycles. The lowest BCUT2D eigenvalue weighted by Crippen LogP contribution is -2.17. The number of carbonyl (C=O) groups is 2. The summed E-state index contributed by atoms with van der Waals surface area (Å²) in [5, 5.41) is 3.92. The summed E-state index contributed by atoms with van der Waals surface area (Å²) in [7, 11) is 1.47. The average Bonchev–Trinajstić information content (AvgIpc) is 2.75. The normalized spacial score (nSPS) is 10.5. The number of rotatable bonds is 6. The molecule has 2 aromatic carbocycles. The van der Waals surface area contributed by atoms with Gasteiger partial charge < -0.3 is 9.47 Å². The van der Waals surface area contributed by atoms with Crippen molar-refractivity contribution in [1.82, 2.24) is 10.4 Å². The van der Waals surface area contributed by atoms with Crippen LogP contribution in [0.5, 0.6) is 11.5 Å². The molecular formula is C21H17N3O4. The smallest absolute Gasteiger partial charge is 0.343 e. The van der Waals surface area contributed by atoms with Crippen molar-refractivity contribution in [3.63, 3.8) is 0 Å². The molecule has 3 rings (SSSR count). The highest BCUT2D eigenvalue weighted by atomic mass is 16.6. The third kappa shape index (κ3) is 4.79. The van der Waals surface area contributed by atoms with Gasteiger partial charge in [-0.25, -0.2) is 10.2 Å². The molecule has 0 fully saturated rings. The summed E-state index contributed by atoms with van der Waals surface area (Å²) in [5.41, 5.74) is 3.91. The topological polar surface area (TPSA) is 89.9 Å². The van der Waals surface area contributed by atoms with E-state index in [1.165, 1.54) is 19.5 Å². The summed E-state index contributed by atoms with van der Waals surface area (Å²) in [4.78, 5) is 28.0. The van der Waals surface area contributed by atoms with Gasteiger partial charge in [0.15, 0.2) is 11.5 Å². The van der Waals surface area contributed by atoms with Crippen LogP contribution in [0.25, 0.3) is 0 Å². The summed E-state index contributed by atoms with van der Waals surface area (Å²) in [6.07, 6.45) is 4.49. The van der Waals surface area contributed by atoms with Crippen LogP contribution < -0.4 is 14.9 Å². The molecule has 0 bridgehead atoms. The average molecular weight is 375 g/mol. The van der Waals surface area contributed by atoms with Crippen LogP contribution in [0.2, 0.25) is 0 Å². The van der Waals surface area contributed by atoms with E-state index in [2.05, 4.69) is 15.5 Å². The van der Waals surface area contributed by atoms with E-state index in [4.69, 9.17) is 9.47 Å². The van der Waals surface area contributed by atoms with Crippen LogP contribution in [-0.2, 0) is 0 Å². The predicted molar refractivity (Wildman–Crippen MR) is 104 cm³/mol. The Bertz CT molecular complexity index is 989. The zero-order valence-corrected chi connectivity index (χ0v) is 15.0. The lowest BCUT2D eigenvalue weighted by molar-refractivity contribution is 0.0729. The van der Waals surface area contributed by atoms with Gasteiger partial charge in [-0.1, -0.05) is 18.2 Å². The highest BCUT2D eigenvalue weighted by Gasteiger charge is 2.12. The van der Waals surface area contributed by atoms with Crippen LogP contribution in [0.15, 0.2) is 78.2 Å². The fourth-order valence-electron chi connectivity index (χ4n) is 2.31. The van der Waals surface area contributed by atoms with E-state index in [1.54, 1.807) is 60.8 Å². The van der Waals surface area contributed by atoms with Gasteiger partial charge in [0.05, 0.1) is 24.5 Å². The van der Waals surface area contributed by atoms with Crippen molar-refractivity contribution < 1.29 is 19.1 Å². The van der Waals surface area contributed by atoms with E-state index in [9.17, 15) is 9.59 Å². The molecule has 0 aliphatic carbocycles. The largest absolute Gasteiger partial charge is 0.493 e. The number of pyridine rings is 1. The van der Waals surface area contributed by atoms with Crippen molar-refractivity contribution in [3.05, 3.63) is 89.7 Å². The zero-order chi connectivity index (χ0) is 19.8. The van der Waals surface area contributed by atoms with Crippen molar-refractivity contribution in [1.29, 1.82) is 0 Å². The fraction of sp³-hybridized carbons (Fsp3) is 0.0476. The SMILES string of the molecule is COc1cc(/C=N/NC(=O)c2cccnc2)ccc1OC(=O)c1ccccc1. The molecule has 3 aromatic rings. The van der Waals surface area contributed by atoms with Gasteiger partial charge in [-0.05, 0) is 48.0 Å². The summed E-state index contributed by atoms with van der Waals surface area (Å²) in [5.74, 6) is -0.200. The molecule has 7 heteroatoms. The number of esters is 1. The van der Waals surface area contributed by atoms with Crippen LogP contribution >= 0.6 is 0 Å².